The number of urea groups is 1. The largest absolute Gasteiger partial charge is 0.370 e. The monoisotopic (exact) mass is 394 g/mol. The van der Waals surface area contributed by atoms with E-state index in [9.17, 15) is 4.79 Å². The van der Waals surface area contributed by atoms with E-state index in [0.717, 1.165) is 17.9 Å². The van der Waals surface area contributed by atoms with Crippen molar-refractivity contribution in [2.45, 2.75) is 25.5 Å². The number of carbonyl (C=O) groups excluding carboxylic acids is 1. The second kappa shape index (κ2) is 7.47. The third kappa shape index (κ3) is 3.98. The zero-order valence-electron chi connectivity index (χ0n) is 14.2. The van der Waals surface area contributed by atoms with Crippen LogP contribution in [0.15, 0.2) is 30.5 Å². The van der Waals surface area contributed by atoms with Crippen molar-refractivity contribution >= 4 is 35.1 Å². The van der Waals surface area contributed by atoms with Gasteiger partial charge in [-0.1, -0.05) is 29.3 Å². The Morgan fingerprint density at radius 1 is 1.27 bits per heavy atom. The lowest BCUT2D eigenvalue weighted by atomic mass is 10.1. The van der Waals surface area contributed by atoms with Gasteiger partial charge in [0.05, 0.1) is 29.4 Å². The van der Waals surface area contributed by atoms with Gasteiger partial charge in [-0.3, -0.25) is 5.32 Å². The molecule has 26 heavy (non-hydrogen) atoms. The number of nitrogens with zero attached hydrogens (tertiary/aromatic N) is 3. The van der Waals surface area contributed by atoms with Crippen LogP contribution < -0.4 is 5.32 Å². The van der Waals surface area contributed by atoms with Crippen molar-refractivity contribution in [3.05, 3.63) is 46.1 Å². The Labute approximate surface area is 162 Å². The molecule has 1 aliphatic carbocycles. The van der Waals surface area contributed by atoms with Crippen molar-refractivity contribution < 1.29 is 9.53 Å². The number of benzene rings is 1. The number of nitrogens with one attached hydrogen (secondary N) is 1. The minimum Gasteiger partial charge on any atom is -0.370 e. The van der Waals surface area contributed by atoms with E-state index >= 15 is 0 Å². The topological polar surface area (TPSA) is 59.4 Å². The van der Waals surface area contributed by atoms with Crippen molar-refractivity contribution in [2.75, 3.05) is 25.0 Å². The Balaban J connectivity index is 1.41. The van der Waals surface area contributed by atoms with Gasteiger partial charge in [0.25, 0.3) is 0 Å². The number of anilines is 1. The van der Waals surface area contributed by atoms with Gasteiger partial charge in [-0.25, -0.2) is 9.48 Å². The third-order valence-corrected chi connectivity index (χ3v) is 5.49. The summed E-state index contributed by atoms with van der Waals surface area (Å²) in [6.45, 7) is 2.33. The number of hydrogen-bond donors (Lipinski definition) is 1. The number of morpholine rings is 1. The minimum absolute atomic E-state index is 0.143. The maximum absolute atomic E-state index is 12.7. The summed E-state index contributed by atoms with van der Waals surface area (Å²) in [4.78, 5) is 14.4. The summed E-state index contributed by atoms with van der Waals surface area (Å²) in [5, 5.41) is 8.27. The zero-order chi connectivity index (χ0) is 18.1. The lowest BCUT2D eigenvalue weighted by Gasteiger charge is -2.33. The summed E-state index contributed by atoms with van der Waals surface area (Å²) < 4.78 is 7.69. The molecule has 2 heterocycles. The van der Waals surface area contributed by atoms with E-state index in [4.69, 9.17) is 27.9 Å². The molecule has 1 aromatic carbocycles. The van der Waals surface area contributed by atoms with Gasteiger partial charge in [0, 0.05) is 19.2 Å². The first kappa shape index (κ1) is 17.6. The molecule has 2 aromatic rings. The van der Waals surface area contributed by atoms with Gasteiger partial charge in [0.2, 0.25) is 0 Å². The molecule has 4 rings (SSSR count). The number of amides is 2. The van der Waals surface area contributed by atoms with Gasteiger partial charge in [-0.15, -0.1) is 0 Å². The minimum atomic E-state index is -0.222. The Morgan fingerprint density at radius 3 is 2.88 bits per heavy atom. The Bertz CT molecular complexity index is 806. The highest BCUT2D eigenvalue weighted by atomic mass is 35.5. The van der Waals surface area contributed by atoms with E-state index in [-0.39, 0.29) is 12.1 Å². The molecule has 2 fully saturated rings. The van der Waals surface area contributed by atoms with E-state index in [1.165, 1.54) is 12.8 Å². The van der Waals surface area contributed by atoms with Crippen LogP contribution in [0.3, 0.4) is 0 Å². The molecule has 1 aliphatic heterocycles. The average Bonchev–Trinajstić information content (AvgIpc) is 3.36. The number of hydrogen-bond acceptors (Lipinski definition) is 3. The predicted molar refractivity (Wildman–Crippen MR) is 101 cm³/mol. The molecule has 2 aliphatic rings. The fourth-order valence-corrected chi connectivity index (χ4v) is 3.37. The highest BCUT2D eigenvalue weighted by molar-refractivity contribution is 6.42. The van der Waals surface area contributed by atoms with Crippen molar-refractivity contribution in [2.24, 2.45) is 5.92 Å². The lowest BCUT2D eigenvalue weighted by molar-refractivity contribution is -0.0135. The molecule has 1 saturated heterocycles. The SMILES string of the molecule is O=C(Nc1ccnn1CC1CC1)N1CCOC(c2ccc(Cl)c(Cl)c2)C1. The normalized spacial score (nSPS) is 20.2. The molecule has 1 unspecified atom stereocenters. The van der Waals surface area contributed by atoms with Gasteiger partial charge in [-0.2, -0.15) is 5.10 Å². The van der Waals surface area contributed by atoms with Gasteiger partial charge in [0.1, 0.15) is 11.9 Å². The van der Waals surface area contributed by atoms with Gasteiger partial charge in [0.15, 0.2) is 0 Å². The van der Waals surface area contributed by atoms with Crippen LogP contribution >= 0.6 is 23.2 Å². The molecular formula is C18H20Cl2N4O2. The van der Waals surface area contributed by atoms with Crippen LogP contribution in [0.4, 0.5) is 10.6 Å². The molecule has 1 atom stereocenters. The van der Waals surface area contributed by atoms with Crippen molar-refractivity contribution in [3.63, 3.8) is 0 Å². The number of rotatable bonds is 4. The van der Waals surface area contributed by atoms with Crippen molar-refractivity contribution in [3.8, 4) is 0 Å². The van der Waals surface area contributed by atoms with Crippen LogP contribution in [0.5, 0.6) is 0 Å². The number of halogens is 2. The molecule has 1 aromatic heterocycles. The van der Waals surface area contributed by atoms with Crippen LogP contribution in [0.1, 0.15) is 24.5 Å². The number of aromatic nitrogens is 2. The third-order valence-electron chi connectivity index (χ3n) is 4.75. The van der Waals surface area contributed by atoms with Gasteiger partial charge < -0.3 is 9.64 Å². The second-order valence-corrected chi connectivity index (χ2v) is 7.57. The Morgan fingerprint density at radius 2 is 2.12 bits per heavy atom. The molecule has 0 radical (unpaired) electrons. The van der Waals surface area contributed by atoms with Crippen LogP contribution in [0, 0.1) is 5.92 Å². The standard InChI is InChI=1S/C18H20Cl2N4O2/c19-14-4-3-13(9-15(14)20)16-11-23(7-8-26-16)18(25)22-17-5-6-21-24(17)10-12-1-2-12/h3-6,9,12,16H,1-2,7-8,10-11H2,(H,22,25). The molecule has 6 nitrogen and oxygen atoms in total. The fourth-order valence-electron chi connectivity index (χ4n) is 3.07. The number of carbonyl (C=O) groups is 1. The van der Waals surface area contributed by atoms with E-state index in [1.54, 1.807) is 23.2 Å². The van der Waals surface area contributed by atoms with E-state index < -0.39 is 0 Å². The van der Waals surface area contributed by atoms with Crippen LogP contribution in [-0.2, 0) is 11.3 Å². The molecule has 0 bridgehead atoms. The summed E-state index contributed by atoms with van der Waals surface area (Å²) in [7, 11) is 0. The van der Waals surface area contributed by atoms with Gasteiger partial charge >= 0.3 is 6.03 Å². The van der Waals surface area contributed by atoms with Crippen molar-refractivity contribution in [1.82, 2.24) is 14.7 Å². The molecule has 2 amide bonds. The first-order valence-corrected chi connectivity index (χ1v) is 9.50. The first-order chi connectivity index (χ1) is 12.6. The van der Waals surface area contributed by atoms with E-state index in [1.807, 2.05) is 16.8 Å². The molecule has 8 heteroatoms. The van der Waals surface area contributed by atoms with Gasteiger partial charge in [-0.05, 0) is 36.5 Å². The van der Waals surface area contributed by atoms with Crippen LogP contribution in [0.25, 0.3) is 0 Å². The maximum atomic E-state index is 12.7. The first-order valence-electron chi connectivity index (χ1n) is 8.74. The molecule has 1 N–H and O–H groups in total. The lowest BCUT2D eigenvalue weighted by Crippen LogP contribution is -2.44. The Hall–Kier alpha value is -1.76. The molecule has 138 valence electrons. The highest BCUT2D eigenvalue weighted by Crippen LogP contribution is 2.32. The zero-order valence-corrected chi connectivity index (χ0v) is 15.7. The smallest absolute Gasteiger partial charge is 0.323 e. The van der Waals surface area contributed by atoms with E-state index in [2.05, 4.69) is 10.4 Å². The van der Waals surface area contributed by atoms with Crippen molar-refractivity contribution in [1.29, 1.82) is 0 Å². The fraction of sp³-hybridized carbons (Fsp3) is 0.444. The highest BCUT2D eigenvalue weighted by Gasteiger charge is 2.27. The summed E-state index contributed by atoms with van der Waals surface area (Å²) in [5.41, 5.74) is 0.913. The maximum Gasteiger partial charge on any atom is 0.323 e. The number of ether oxygens (including phenoxy) is 1. The van der Waals surface area contributed by atoms with E-state index in [0.29, 0.717) is 35.7 Å². The summed E-state index contributed by atoms with van der Waals surface area (Å²) >= 11 is 12.1. The Kier molecular flexibility index (Phi) is 5.07. The second-order valence-electron chi connectivity index (χ2n) is 6.75. The summed E-state index contributed by atoms with van der Waals surface area (Å²) in [6.07, 6.45) is 3.97. The molecular weight excluding hydrogens is 375 g/mol. The van der Waals surface area contributed by atoms with Crippen LogP contribution in [-0.4, -0.2) is 40.4 Å². The summed E-state index contributed by atoms with van der Waals surface area (Å²) in [5.74, 6) is 1.42. The van der Waals surface area contributed by atoms with Crippen LogP contribution in [0.2, 0.25) is 10.0 Å². The average molecular weight is 395 g/mol. The quantitative estimate of drug-likeness (QED) is 0.844. The summed E-state index contributed by atoms with van der Waals surface area (Å²) in [6, 6.07) is 7.11. The predicted octanol–water partition coefficient (Wildman–Crippen LogP) is 4.21. The molecule has 0 spiro atoms. The molecule has 1 saturated carbocycles.